The van der Waals surface area contributed by atoms with E-state index in [1.807, 2.05) is 0 Å². The summed E-state index contributed by atoms with van der Waals surface area (Å²) in [7, 11) is 0. The van der Waals surface area contributed by atoms with E-state index in [0.717, 1.165) is 6.07 Å². The number of rotatable bonds is 4. The summed E-state index contributed by atoms with van der Waals surface area (Å²) in [5, 5.41) is 5.15. The molecule has 1 aromatic carbocycles. The Labute approximate surface area is 131 Å². The van der Waals surface area contributed by atoms with Gasteiger partial charge >= 0.3 is 6.18 Å². The molecule has 23 heavy (non-hydrogen) atoms. The van der Waals surface area contributed by atoms with Gasteiger partial charge in [-0.25, -0.2) is 9.97 Å². The number of halogens is 3. The van der Waals surface area contributed by atoms with Gasteiger partial charge in [0.15, 0.2) is 0 Å². The fourth-order valence-corrected chi connectivity index (χ4v) is 1.84. The summed E-state index contributed by atoms with van der Waals surface area (Å²) in [5.74, 6) is -0.507. The Hall–Kier alpha value is -2.64. The zero-order valence-corrected chi connectivity index (χ0v) is 12.5. The van der Waals surface area contributed by atoms with Crippen molar-refractivity contribution in [3.63, 3.8) is 0 Å². The Morgan fingerprint density at radius 2 is 1.87 bits per heavy atom. The largest absolute Gasteiger partial charge is 0.418 e. The van der Waals surface area contributed by atoms with Crippen LogP contribution in [-0.4, -0.2) is 21.9 Å². The van der Waals surface area contributed by atoms with Gasteiger partial charge in [-0.05, 0) is 32.0 Å². The summed E-state index contributed by atoms with van der Waals surface area (Å²) >= 11 is 0. The van der Waals surface area contributed by atoms with Gasteiger partial charge in [0.05, 0.1) is 11.3 Å². The lowest BCUT2D eigenvalue weighted by molar-refractivity contribution is -0.136. The zero-order valence-electron chi connectivity index (χ0n) is 12.5. The molecule has 2 rings (SSSR count). The number of benzene rings is 1. The van der Waals surface area contributed by atoms with Gasteiger partial charge in [0.2, 0.25) is 5.95 Å². The molecule has 1 heterocycles. The van der Waals surface area contributed by atoms with Gasteiger partial charge in [0.1, 0.15) is 5.69 Å². The minimum atomic E-state index is -4.50. The van der Waals surface area contributed by atoms with E-state index in [-0.39, 0.29) is 23.4 Å². The van der Waals surface area contributed by atoms with Crippen molar-refractivity contribution in [2.24, 2.45) is 0 Å². The maximum Gasteiger partial charge on any atom is 0.418 e. The molecule has 0 radical (unpaired) electrons. The van der Waals surface area contributed by atoms with Crippen LogP contribution in [-0.2, 0) is 6.18 Å². The first-order valence-electron chi connectivity index (χ1n) is 6.84. The monoisotopic (exact) mass is 324 g/mol. The average molecular weight is 324 g/mol. The highest BCUT2D eigenvalue weighted by molar-refractivity contribution is 5.92. The van der Waals surface area contributed by atoms with Crippen molar-refractivity contribution in [1.82, 2.24) is 15.3 Å². The second-order valence-electron chi connectivity index (χ2n) is 5.06. The smallest absolute Gasteiger partial charge is 0.349 e. The summed E-state index contributed by atoms with van der Waals surface area (Å²) in [4.78, 5) is 19.7. The first-order valence-corrected chi connectivity index (χ1v) is 6.84. The highest BCUT2D eigenvalue weighted by Crippen LogP contribution is 2.35. The first kappa shape index (κ1) is 16.7. The van der Waals surface area contributed by atoms with Crippen LogP contribution in [0.25, 0.3) is 0 Å². The Morgan fingerprint density at radius 1 is 1.17 bits per heavy atom. The molecule has 1 amide bonds. The Balaban J connectivity index is 2.27. The van der Waals surface area contributed by atoms with Crippen molar-refractivity contribution in [1.29, 1.82) is 0 Å². The number of carbonyl (C=O) groups excluding carboxylic acids is 1. The van der Waals surface area contributed by atoms with Crippen molar-refractivity contribution >= 4 is 17.5 Å². The minimum absolute atomic E-state index is 0.0701. The van der Waals surface area contributed by atoms with E-state index in [1.165, 1.54) is 30.5 Å². The van der Waals surface area contributed by atoms with Crippen molar-refractivity contribution in [3.8, 4) is 0 Å². The third-order valence-corrected chi connectivity index (χ3v) is 2.79. The molecule has 2 N–H and O–H groups in total. The lowest BCUT2D eigenvalue weighted by Crippen LogP contribution is -2.30. The van der Waals surface area contributed by atoms with Crippen LogP contribution in [0.1, 0.15) is 29.9 Å². The van der Waals surface area contributed by atoms with E-state index < -0.39 is 17.6 Å². The molecular formula is C15H15F3N4O. The molecule has 5 nitrogen and oxygen atoms in total. The van der Waals surface area contributed by atoms with Crippen LogP contribution < -0.4 is 10.6 Å². The molecule has 1 aromatic heterocycles. The highest BCUT2D eigenvalue weighted by Gasteiger charge is 2.33. The number of anilines is 2. The predicted octanol–water partition coefficient (Wildman–Crippen LogP) is 3.38. The number of amides is 1. The van der Waals surface area contributed by atoms with Gasteiger partial charge < -0.3 is 10.6 Å². The number of hydrogen-bond acceptors (Lipinski definition) is 4. The van der Waals surface area contributed by atoms with Gasteiger partial charge in [-0.1, -0.05) is 12.1 Å². The molecule has 8 heteroatoms. The third-order valence-electron chi connectivity index (χ3n) is 2.79. The molecule has 0 atom stereocenters. The lowest BCUT2D eigenvalue weighted by Gasteiger charge is -2.14. The summed E-state index contributed by atoms with van der Waals surface area (Å²) in [6.07, 6.45) is -3.20. The van der Waals surface area contributed by atoms with E-state index in [2.05, 4.69) is 20.6 Å². The molecule has 0 aliphatic rings. The first-order chi connectivity index (χ1) is 10.8. The molecule has 0 fully saturated rings. The molecule has 0 spiro atoms. The number of nitrogens with one attached hydrogen (secondary N) is 2. The Kier molecular flexibility index (Phi) is 4.83. The molecule has 0 saturated heterocycles. The van der Waals surface area contributed by atoms with Crippen LogP contribution >= 0.6 is 0 Å². The topological polar surface area (TPSA) is 66.9 Å². The summed E-state index contributed by atoms with van der Waals surface area (Å²) in [5.41, 5.74) is -0.942. The second-order valence-corrected chi connectivity index (χ2v) is 5.06. The summed E-state index contributed by atoms with van der Waals surface area (Å²) in [6.45, 7) is 3.58. The lowest BCUT2D eigenvalue weighted by atomic mass is 10.1. The molecule has 2 aromatic rings. The predicted molar refractivity (Wildman–Crippen MR) is 79.4 cm³/mol. The molecule has 0 bridgehead atoms. The van der Waals surface area contributed by atoms with Crippen molar-refractivity contribution < 1.29 is 18.0 Å². The minimum Gasteiger partial charge on any atom is -0.349 e. The standard InChI is InChI=1S/C15H15F3N4O/c1-9(2)20-13(23)12-7-8-19-14(22-12)21-11-6-4-3-5-10(11)15(16,17)18/h3-9H,1-2H3,(H,20,23)(H,19,21,22). The van der Waals surface area contributed by atoms with Crippen LogP contribution in [0, 0.1) is 0 Å². The average Bonchev–Trinajstić information content (AvgIpc) is 2.46. The number of para-hydroxylation sites is 1. The van der Waals surface area contributed by atoms with Gasteiger partial charge in [0, 0.05) is 12.2 Å². The molecule has 0 aliphatic carbocycles. The number of alkyl halides is 3. The van der Waals surface area contributed by atoms with Crippen molar-refractivity contribution in [2.75, 3.05) is 5.32 Å². The van der Waals surface area contributed by atoms with Crippen molar-refractivity contribution in [2.45, 2.75) is 26.1 Å². The summed E-state index contributed by atoms with van der Waals surface area (Å²) in [6, 6.07) is 6.29. The maximum atomic E-state index is 13.0. The number of nitrogens with zero attached hydrogens (tertiary/aromatic N) is 2. The molecule has 0 aliphatic heterocycles. The molecule has 0 unspecified atom stereocenters. The fourth-order valence-electron chi connectivity index (χ4n) is 1.84. The van der Waals surface area contributed by atoms with Crippen LogP contribution in [0.5, 0.6) is 0 Å². The normalized spacial score (nSPS) is 11.4. The van der Waals surface area contributed by atoms with E-state index in [1.54, 1.807) is 13.8 Å². The van der Waals surface area contributed by atoms with E-state index >= 15 is 0 Å². The second kappa shape index (κ2) is 6.64. The van der Waals surface area contributed by atoms with Gasteiger partial charge in [-0.2, -0.15) is 13.2 Å². The SMILES string of the molecule is CC(C)NC(=O)c1ccnc(Nc2ccccc2C(F)(F)F)n1. The van der Waals surface area contributed by atoms with Crippen LogP contribution in [0.15, 0.2) is 36.5 Å². The van der Waals surface area contributed by atoms with Crippen LogP contribution in [0.4, 0.5) is 24.8 Å². The summed E-state index contributed by atoms with van der Waals surface area (Å²) < 4.78 is 38.9. The zero-order chi connectivity index (χ0) is 17.0. The van der Waals surface area contributed by atoms with Gasteiger partial charge in [-0.15, -0.1) is 0 Å². The van der Waals surface area contributed by atoms with E-state index in [0.29, 0.717) is 0 Å². The number of hydrogen-bond donors (Lipinski definition) is 2. The Morgan fingerprint density at radius 3 is 2.52 bits per heavy atom. The third kappa shape index (κ3) is 4.41. The number of aromatic nitrogens is 2. The quantitative estimate of drug-likeness (QED) is 0.905. The maximum absolute atomic E-state index is 13.0. The Bertz CT molecular complexity index is 701. The number of carbonyl (C=O) groups is 1. The van der Waals surface area contributed by atoms with Crippen LogP contribution in [0.3, 0.4) is 0 Å². The van der Waals surface area contributed by atoms with E-state index in [4.69, 9.17) is 0 Å². The van der Waals surface area contributed by atoms with Crippen molar-refractivity contribution in [3.05, 3.63) is 47.8 Å². The van der Waals surface area contributed by atoms with Gasteiger partial charge in [-0.3, -0.25) is 4.79 Å². The van der Waals surface area contributed by atoms with Crippen LogP contribution in [0.2, 0.25) is 0 Å². The van der Waals surface area contributed by atoms with E-state index in [9.17, 15) is 18.0 Å². The molecular weight excluding hydrogens is 309 g/mol. The van der Waals surface area contributed by atoms with Gasteiger partial charge in [0.25, 0.3) is 5.91 Å². The molecule has 122 valence electrons. The molecule has 0 saturated carbocycles. The highest BCUT2D eigenvalue weighted by atomic mass is 19.4. The fraction of sp³-hybridized carbons (Fsp3) is 0.267.